The molecule has 2 rings (SSSR count). The van der Waals surface area contributed by atoms with Gasteiger partial charge in [0.05, 0.1) is 17.2 Å². The summed E-state index contributed by atoms with van der Waals surface area (Å²) in [5, 5.41) is 0. The third kappa shape index (κ3) is 2.74. The Morgan fingerprint density at radius 1 is 1.29 bits per heavy atom. The average Bonchev–Trinajstić information content (AvgIpc) is 2.24. The topological polar surface area (TPSA) is 63.4 Å². The molecule has 1 aromatic carbocycles. The van der Waals surface area contributed by atoms with Crippen molar-refractivity contribution in [2.24, 2.45) is 0 Å². The summed E-state index contributed by atoms with van der Waals surface area (Å²) in [6.45, 7) is 3.01. The molecule has 1 aliphatic heterocycles. The Bertz CT molecular complexity index is 529. The second kappa shape index (κ2) is 4.49. The number of hydrogen-bond acceptors (Lipinski definition) is 4. The molecule has 0 amide bonds. The third-order valence-electron chi connectivity index (χ3n) is 3.02. The van der Waals surface area contributed by atoms with Crippen molar-refractivity contribution in [3.63, 3.8) is 0 Å². The van der Waals surface area contributed by atoms with Gasteiger partial charge >= 0.3 is 0 Å². The first-order chi connectivity index (χ1) is 7.89. The fraction of sp³-hybridized carbons (Fsp3) is 0.455. The molecule has 0 bridgehead atoms. The number of aryl methyl sites for hydroxylation is 1. The summed E-state index contributed by atoms with van der Waals surface area (Å²) >= 11 is 3.50. The van der Waals surface area contributed by atoms with Gasteiger partial charge in [-0.25, -0.2) is 8.42 Å². The van der Waals surface area contributed by atoms with Crippen LogP contribution in [-0.2, 0) is 9.84 Å². The van der Waals surface area contributed by atoms with Crippen LogP contribution in [0, 0.1) is 6.92 Å². The highest BCUT2D eigenvalue weighted by molar-refractivity contribution is 9.10. The molecular weight excluding hydrogens is 304 g/mol. The molecule has 1 saturated heterocycles. The lowest BCUT2D eigenvalue weighted by molar-refractivity contribution is 0.587. The number of halogens is 1. The molecule has 1 aromatic rings. The monoisotopic (exact) mass is 318 g/mol. The summed E-state index contributed by atoms with van der Waals surface area (Å²) in [7, 11) is -2.84. The summed E-state index contributed by atoms with van der Waals surface area (Å²) in [6.07, 6.45) is 0. The molecular formula is C11H15BrN2O2S. The van der Waals surface area contributed by atoms with Crippen LogP contribution in [0.2, 0.25) is 0 Å². The number of benzene rings is 1. The van der Waals surface area contributed by atoms with Crippen molar-refractivity contribution in [3.05, 3.63) is 22.2 Å². The number of sulfone groups is 1. The lowest BCUT2D eigenvalue weighted by atomic mass is 10.1. The van der Waals surface area contributed by atoms with Crippen LogP contribution >= 0.6 is 15.9 Å². The molecule has 17 heavy (non-hydrogen) atoms. The normalized spacial score (nSPS) is 19.3. The van der Waals surface area contributed by atoms with Gasteiger partial charge in [0.2, 0.25) is 0 Å². The highest BCUT2D eigenvalue weighted by Crippen LogP contribution is 2.31. The first kappa shape index (κ1) is 12.7. The van der Waals surface area contributed by atoms with E-state index in [0.717, 1.165) is 21.4 Å². The molecule has 0 unspecified atom stereocenters. The van der Waals surface area contributed by atoms with E-state index in [4.69, 9.17) is 5.73 Å². The molecule has 94 valence electrons. The Morgan fingerprint density at radius 3 is 2.47 bits per heavy atom. The van der Waals surface area contributed by atoms with Crippen LogP contribution in [0.5, 0.6) is 0 Å². The SMILES string of the molecule is Cc1cc(Br)c(N2CCS(=O)(=O)CC2)cc1N. The molecule has 0 saturated carbocycles. The number of rotatable bonds is 1. The number of nitrogens with zero attached hydrogens (tertiary/aromatic N) is 1. The first-order valence-electron chi connectivity index (χ1n) is 5.40. The maximum absolute atomic E-state index is 11.4. The zero-order valence-electron chi connectivity index (χ0n) is 9.61. The summed E-state index contributed by atoms with van der Waals surface area (Å²) < 4.78 is 23.7. The van der Waals surface area contributed by atoms with E-state index in [1.54, 1.807) is 0 Å². The van der Waals surface area contributed by atoms with E-state index in [-0.39, 0.29) is 11.5 Å². The minimum absolute atomic E-state index is 0.215. The molecule has 0 atom stereocenters. The molecule has 4 nitrogen and oxygen atoms in total. The molecule has 1 heterocycles. The molecule has 1 fully saturated rings. The van der Waals surface area contributed by atoms with Crippen LogP contribution in [0.3, 0.4) is 0 Å². The van der Waals surface area contributed by atoms with Gasteiger partial charge < -0.3 is 10.6 Å². The van der Waals surface area contributed by atoms with Crippen LogP contribution in [-0.4, -0.2) is 33.0 Å². The van der Waals surface area contributed by atoms with E-state index in [2.05, 4.69) is 20.8 Å². The van der Waals surface area contributed by atoms with Crippen LogP contribution in [0.4, 0.5) is 11.4 Å². The van der Waals surface area contributed by atoms with E-state index in [9.17, 15) is 8.42 Å². The predicted molar refractivity (Wildman–Crippen MR) is 74.2 cm³/mol. The number of hydrogen-bond donors (Lipinski definition) is 1. The van der Waals surface area contributed by atoms with Gasteiger partial charge in [-0.2, -0.15) is 0 Å². The minimum atomic E-state index is -2.84. The maximum Gasteiger partial charge on any atom is 0.153 e. The van der Waals surface area contributed by atoms with Gasteiger partial charge in [0, 0.05) is 23.2 Å². The smallest absolute Gasteiger partial charge is 0.153 e. The standard InChI is InChI=1S/C11H15BrN2O2S/c1-8-6-9(12)11(7-10(8)13)14-2-4-17(15,16)5-3-14/h6-7H,2-5,13H2,1H3. The van der Waals surface area contributed by atoms with Crippen molar-refractivity contribution >= 4 is 37.1 Å². The van der Waals surface area contributed by atoms with Gasteiger partial charge in [-0.3, -0.25) is 0 Å². The summed E-state index contributed by atoms with van der Waals surface area (Å²) in [5.74, 6) is 0.431. The minimum Gasteiger partial charge on any atom is -0.398 e. The summed E-state index contributed by atoms with van der Waals surface area (Å²) in [6, 6.07) is 3.87. The maximum atomic E-state index is 11.4. The second-order valence-electron chi connectivity index (χ2n) is 4.30. The van der Waals surface area contributed by atoms with Crippen molar-refractivity contribution in [2.45, 2.75) is 6.92 Å². The predicted octanol–water partition coefficient (Wildman–Crippen LogP) is 1.57. The lowest BCUT2D eigenvalue weighted by Crippen LogP contribution is -2.40. The van der Waals surface area contributed by atoms with E-state index < -0.39 is 9.84 Å². The van der Waals surface area contributed by atoms with Crippen molar-refractivity contribution in [3.8, 4) is 0 Å². The van der Waals surface area contributed by atoms with Crippen LogP contribution in [0.15, 0.2) is 16.6 Å². The largest absolute Gasteiger partial charge is 0.398 e. The van der Waals surface area contributed by atoms with Gasteiger partial charge in [-0.1, -0.05) is 0 Å². The summed E-state index contributed by atoms with van der Waals surface area (Å²) in [4.78, 5) is 2.06. The van der Waals surface area contributed by atoms with Gasteiger partial charge in [0.15, 0.2) is 9.84 Å². The molecule has 0 spiro atoms. The zero-order chi connectivity index (χ0) is 12.6. The van der Waals surface area contributed by atoms with E-state index in [1.807, 2.05) is 19.1 Å². The Labute approximate surface area is 110 Å². The van der Waals surface area contributed by atoms with Crippen molar-refractivity contribution in [2.75, 3.05) is 35.2 Å². The van der Waals surface area contributed by atoms with Gasteiger partial charge in [0.1, 0.15) is 0 Å². The third-order valence-corrected chi connectivity index (χ3v) is 5.26. The van der Waals surface area contributed by atoms with E-state index in [1.165, 1.54) is 0 Å². The number of anilines is 2. The Balaban J connectivity index is 2.27. The fourth-order valence-corrected chi connectivity index (χ4v) is 3.78. The average molecular weight is 319 g/mol. The number of nitrogen functional groups attached to an aromatic ring is 1. The molecule has 1 aliphatic rings. The molecule has 6 heteroatoms. The van der Waals surface area contributed by atoms with E-state index >= 15 is 0 Å². The zero-order valence-corrected chi connectivity index (χ0v) is 12.0. The quantitative estimate of drug-likeness (QED) is 0.798. The van der Waals surface area contributed by atoms with Crippen LogP contribution in [0.25, 0.3) is 0 Å². The van der Waals surface area contributed by atoms with Crippen LogP contribution in [0.1, 0.15) is 5.56 Å². The van der Waals surface area contributed by atoms with Gasteiger partial charge in [-0.15, -0.1) is 0 Å². The Kier molecular flexibility index (Phi) is 3.36. The van der Waals surface area contributed by atoms with Gasteiger partial charge in [-0.05, 0) is 40.5 Å². The lowest BCUT2D eigenvalue weighted by Gasteiger charge is -2.30. The van der Waals surface area contributed by atoms with Gasteiger partial charge in [0.25, 0.3) is 0 Å². The highest BCUT2D eigenvalue weighted by Gasteiger charge is 2.23. The van der Waals surface area contributed by atoms with Crippen molar-refractivity contribution in [1.29, 1.82) is 0 Å². The van der Waals surface area contributed by atoms with Crippen LogP contribution < -0.4 is 10.6 Å². The second-order valence-corrected chi connectivity index (χ2v) is 7.46. The Morgan fingerprint density at radius 2 is 1.88 bits per heavy atom. The van der Waals surface area contributed by atoms with Crippen molar-refractivity contribution in [1.82, 2.24) is 0 Å². The fourth-order valence-electron chi connectivity index (χ4n) is 1.87. The molecule has 0 aliphatic carbocycles. The molecule has 0 aromatic heterocycles. The highest BCUT2D eigenvalue weighted by atomic mass is 79.9. The first-order valence-corrected chi connectivity index (χ1v) is 8.01. The Hall–Kier alpha value is -0.750. The van der Waals surface area contributed by atoms with E-state index in [0.29, 0.717) is 13.1 Å². The number of nitrogens with two attached hydrogens (primary N) is 1. The summed E-state index contributed by atoms with van der Waals surface area (Å²) in [5.41, 5.74) is 8.61. The molecule has 0 radical (unpaired) electrons. The molecule has 2 N–H and O–H groups in total. The van der Waals surface area contributed by atoms with Crippen molar-refractivity contribution < 1.29 is 8.42 Å².